The van der Waals surface area contributed by atoms with Gasteiger partial charge in [-0.1, -0.05) is 6.08 Å². The Morgan fingerprint density at radius 3 is 2.73 bits per heavy atom. The summed E-state index contributed by atoms with van der Waals surface area (Å²) in [6.45, 7) is 4.75. The van der Waals surface area contributed by atoms with Gasteiger partial charge >= 0.3 is 0 Å². The standard InChI is InChI=1S/C9H17NO/c1-3-4-5-10(2)8-6-9(11)7-8/h3,8-9,11H,1,4-7H2,2H3. The Bertz CT molecular complexity index is 130. The molecule has 0 heterocycles. The zero-order valence-electron chi connectivity index (χ0n) is 7.16. The van der Waals surface area contributed by atoms with Gasteiger partial charge in [-0.05, 0) is 26.3 Å². The normalized spacial score (nSPS) is 30.1. The zero-order chi connectivity index (χ0) is 8.27. The molecule has 1 fully saturated rings. The van der Waals surface area contributed by atoms with Crippen molar-refractivity contribution >= 4 is 0 Å². The van der Waals surface area contributed by atoms with Gasteiger partial charge in [-0.3, -0.25) is 0 Å². The first kappa shape index (κ1) is 8.75. The summed E-state index contributed by atoms with van der Waals surface area (Å²) < 4.78 is 0. The first-order chi connectivity index (χ1) is 5.24. The Hall–Kier alpha value is -0.340. The van der Waals surface area contributed by atoms with Crippen molar-refractivity contribution in [2.45, 2.75) is 31.4 Å². The van der Waals surface area contributed by atoms with Gasteiger partial charge in [0.05, 0.1) is 6.10 Å². The van der Waals surface area contributed by atoms with E-state index >= 15 is 0 Å². The smallest absolute Gasteiger partial charge is 0.0570 e. The third-order valence-corrected chi connectivity index (χ3v) is 2.40. The van der Waals surface area contributed by atoms with Gasteiger partial charge in [0.1, 0.15) is 0 Å². The summed E-state index contributed by atoms with van der Waals surface area (Å²) in [5.74, 6) is 0. The summed E-state index contributed by atoms with van der Waals surface area (Å²) >= 11 is 0. The van der Waals surface area contributed by atoms with Crippen molar-refractivity contribution in [3.05, 3.63) is 12.7 Å². The second kappa shape index (κ2) is 3.88. The summed E-state index contributed by atoms with van der Waals surface area (Å²) in [6.07, 6.45) is 4.85. The SMILES string of the molecule is C=CCCN(C)C1CC(O)C1. The monoisotopic (exact) mass is 155 g/mol. The minimum absolute atomic E-state index is 0.0359. The Balaban J connectivity index is 2.10. The summed E-state index contributed by atoms with van der Waals surface area (Å²) in [6, 6.07) is 0.616. The predicted molar refractivity (Wildman–Crippen MR) is 46.5 cm³/mol. The molecule has 2 heteroatoms. The maximum absolute atomic E-state index is 9.05. The molecule has 0 aromatic heterocycles. The molecule has 64 valence electrons. The molecule has 1 aliphatic rings. The largest absolute Gasteiger partial charge is 0.393 e. The van der Waals surface area contributed by atoms with E-state index < -0.39 is 0 Å². The molecule has 1 rings (SSSR count). The van der Waals surface area contributed by atoms with Gasteiger partial charge in [0.15, 0.2) is 0 Å². The number of rotatable bonds is 4. The molecular weight excluding hydrogens is 138 g/mol. The van der Waals surface area contributed by atoms with Crippen molar-refractivity contribution in [1.29, 1.82) is 0 Å². The van der Waals surface area contributed by atoms with Crippen molar-refractivity contribution in [3.63, 3.8) is 0 Å². The fraction of sp³-hybridized carbons (Fsp3) is 0.778. The van der Waals surface area contributed by atoms with Crippen LogP contribution in [0.15, 0.2) is 12.7 Å². The molecule has 0 aliphatic heterocycles. The highest BCUT2D eigenvalue weighted by molar-refractivity contribution is 4.86. The molecule has 0 saturated heterocycles. The number of hydrogen-bond acceptors (Lipinski definition) is 2. The molecule has 0 unspecified atom stereocenters. The van der Waals surface area contributed by atoms with Crippen LogP contribution in [0.5, 0.6) is 0 Å². The van der Waals surface area contributed by atoms with Crippen molar-refractivity contribution in [2.24, 2.45) is 0 Å². The zero-order valence-corrected chi connectivity index (χ0v) is 7.16. The van der Waals surface area contributed by atoms with E-state index in [2.05, 4.69) is 18.5 Å². The summed E-state index contributed by atoms with van der Waals surface area (Å²) in [4.78, 5) is 2.30. The molecule has 0 amide bonds. The van der Waals surface area contributed by atoms with E-state index in [1.54, 1.807) is 0 Å². The minimum Gasteiger partial charge on any atom is -0.393 e. The Morgan fingerprint density at radius 1 is 1.64 bits per heavy atom. The van der Waals surface area contributed by atoms with Gasteiger partial charge < -0.3 is 10.0 Å². The van der Waals surface area contributed by atoms with E-state index in [0.717, 1.165) is 25.8 Å². The highest BCUT2D eigenvalue weighted by atomic mass is 16.3. The molecule has 0 radical (unpaired) electrons. The quantitative estimate of drug-likeness (QED) is 0.613. The second-order valence-electron chi connectivity index (χ2n) is 3.34. The molecule has 0 aromatic rings. The Morgan fingerprint density at radius 2 is 2.27 bits per heavy atom. The molecule has 0 bridgehead atoms. The van der Waals surface area contributed by atoms with Crippen LogP contribution < -0.4 is 0 Å². The van der Waals surface area contributed by atoms with Gasteiger partial charge in [0.2, 0.25) is 0 Å². The van der Waals surface area contributed by atoms with Gasteiger partial charge in [-0.2, -0.15) is 0 Å². The second-order valence-corrected chi connectivity index (χ2v) is 3.34. The Labute approximate surface area is 68.5 Å². The first-order valence-corrected chi connectivity index (χ1v) is 4.23. The highest BCUT2D eigenvalue weighted by Crippen LogP contribution is 2.24. The van der Waals surface area contributed by atoms with Crippen molar-refractivity contribution in [2.75, 3.05) is 13.6 Å². The van der Waals surface area contributed by atoms with Gasteiger partial charge in [-0.25, -0.2) is 0 Å². The van der Waals surface area contributed by atoms with Crippen LogP contribution in [-0.2, 0) is 0 Å². The molecule has 0 aromatic carbocycles. The van der Waals surface area contributed by atoms with Gasteiger partial charge in [0, 0.05) is 12.6 Å². The van der Waals surface area contributed by atoms with Crippen molar-refractivity contribution in [3.8, 4) is 0 Å². The number of nitrogens with zero attached hydrogens (tertiary/aromatic N) is 1. The average molecular weight is 155 g/mol. The first-order valence-electron chi connectivity index (χ1n) is 4.23. The van der Waals surface area contributed by atoms with Crippen LogP contribution in [-0.4, -0.2) is 35.7 Å². The van der Waals surface area contributed by atoms with E-state index in [0.29, 0.717) is 6.04 Å². The van der Waals surface area contributed by atoms with Crippen LogP contribution in [0.4, 0.5) is 0 Å². The lowest BCUT2D eigenvalue weighted by Crippen LogP contribution is -2.45. The van der Waals surface area contributed by atoms with Crippen LogP contribution in [0, 0.1) is 0 Å². The molecule has 1 saturated carbocycles. The number of aliphatic hydroxyl groups excluding tert-OH is 1. The van der Waals surface area contributed by atoms with Crippen LogP contribution in [0.25, 0.3) is 0 Å². The topological polar surface area (TPSA) is 23.5 Å². The summed E-state index contributed by atoms with van der Waals surface area (Å²) in [7, 11) is 2.11. The van der Waals surface area contributed by atoms with Crippen LogP contribution in [0.1, 0.15) is 19.3 Å². The van der Waals surface area contributed by atoms with Crippen molar-refractivity contribution < 1.29 is 5.11 Å². The van der Waals surface area contributed by atoms with E-state index in [4.69, 9.17) is 5.11 Å². The molecule has 1 aliphatic carbocycles. The third-order valence-electron chi connectivity index (χ3n) is 2.40. The lowest BCUT2D eigenvalue weighted by atomic mass is 9.88. The van der Waals surface area contributed by atoms with Crippen LogP contribution >= 0.6 is 0 Å². The number of aliphatic hydroxyl groups is 1. The van der Waals surface area contributed by atoms with Crippen LogP contribution in [0.2, 0.25) is 0 Å². The van der Waals surface area contributed by atoms with Gasteiger partial charge in [0.25, 0.3) is 0 Å². The minimum atomic E-state index is -0.0359. The number of hydrogen-bond donors (Lipinski definition) is 1. The highest BCUT2D eigenvalue weighted by Gasteiger charge is 2.29. The molecule has 2 nitrogen and oxygen atoms in total. The molecule has 1 N–H and O–H groups in total. The van der Waals surface area contributed by atoms with Crippen LogP contribution in [0.3, 0.4) is 0 Å². The lowest BCUT2D eigenvalue weighted by molar-refractivity contribution is 0.0130. The molecular formula is C9H17NO. The maximum atomic E-state index is 9.05. The van der Waals surface area contributed by atoms with E-state index in [1.165, 1.54) is 0 Å². The van der Waals surface area contributed by atoms with E-state index in [1.807, 2.05) is 6.08 Å². The lowest BCUT2D eigenvalue weighted by Gasteiger charge is -2.38. The Kier molecular flexibility index (Phi) is 3.09. The molecule has 0 atom stereocenters. The summed E-state index contributed by atoms with van der Waals surface area (Å²) in [5.41, 5.74) is 0. The predicted octanol–water partition coefficient (Wildman–Crippen LogP) is 1.02. The third kappa shape index (κ3) is 2.31. The molecule has 0 spiro atoms. The van der Waals surface area contributed by atoms with Gasteiger partial charge in [-0.15, -0.1) is 6.58 Å². The summed E-state index contributed by atoms with van der Waals surface area (Å²) in [5, 5.41) is 9.05. The average Bonchev–Trinajstić information content (AvgIpc) is 1.94. The molecule has 11 heavy (non-hydrogen) atoms. The maximum Gasteiger partial charge on any atom is 0.0570 e. The van der Waals surface area contributed by atoms with E-state index in [-0.39, 0.29) is 6.10 Å². The van der Waals surface area contributed by atoms with Crippen molar-refractivity contribution in [1.82, 2.24) is 4.90 Å². The van der Waals surface area contributed by atoms with E-state index in [9.17, 15) is 0 Å². The fourth-order valence-electron chi connectivity index (χ4n) is 1.40. The fourth-order valence-corrected chi connectivity index (χ4v) is 1.40.